The lowest BCUT2D eigenvalue weighted by Crippen LogP contribution is -2.19. The summed E-state index contributed by atoms with van der Waals surface area (Å²) in [6.45, 7) is 0. The van der Waals surface area contributed by atoms with Gasteiger partial charge in [-0.25, -0.2) is 9.97 Å². The second kappa shape index (κ2) is 10.4. The van der Waals surface area contributed by atoms with Crippen LogP contribution in [0.1, 0.15) is 0 Å². The van der Waals surface area contributed by atoms with E-state index in [1.54, 1.807) is 0 Å². The SMILES string of the molecule is O=c1c2ccccc2c2cc3c(cc2n1-c1ccccc1)c1ccccc1n3-c1cc(-c2ccccc2)nc(-c2ccccc2)n1. The van der Waals surface area contributed by atoms with E-state index in [-0.39, 0.29) is 5.56 Å². The minimum absolute atomic E-state index is 0.0341. The highest BCUT2D eigenvalue weighted by atomic mass is 16.1. The Labute approximate surface area is 264 Å². The molecule has 0 amide bonds. The standard InChI is InChI=1S/C41H26N4O/c46-41-32-22-11-10-20-30(32)33-24-38-34(25-37(33)44(41)29-18-8-3-9-19-29)31-21-12-13-23-36(31)45(38)39-26-35(27-14-4-1-5-15-27)42-40(43-39)28-16-6-2-7-17-28/h1-26H. The van der Waals surface area contributed by atoms with Crippen LogP contribution in [-0.2, 0) is 0 Å². The third-order valence-corrected chi connectivity index (χ3v) is 8.74. The highest BCUT2D eigenvalue weighted by Gasteiger charge is 2.20. The van der Waals surface area contributed by atoms with E-state index in [1.165, 1.54) is 0 Å². The molecule has 6 aromatic carbocycles. The van der Waals surface area contributed by atoms with Crippen molar-refractivity contribution in [3.05, 3.63) is 168 Å². The summed E-state index contributed by atoms with van der Waals surface area (Å²) in [7, 11) is 0. The van der Waals surface area contributed by atoms with E-state index in [2.05, 4.69) is 59.2 Å². The molecule has 9 rings (SSSR count). The highest BCUT2D eigenvalue weighted by Crippen LogP contribution is 2.37. The second-order valence-electron chi connectivity index (χ2n) is 11.4. The van der Waals surface area contributed by atoms with Crippen molar-refractivity contribution in [2.24, 2.45) is 0 Å². The van der Waals surface area contributed by atoms with E-state index in [9.17, 15) is 4.79 Å². The predicted molar refractivity (Wildman–Crippen MR) is 188 cm³/mol. The lowest BCUT2D eigenvalue weighted by atomic mass is 10.0. The summed E-state index contributed by atoms with van der Waals surface area (Å²) in [4.78, 5) is 24.3. The number of hydrogen-bond acceptors (Lipinski definition) is 3. The molecule has 46 heavy (non-hydrogen) atoms. The average molecular weight is 591 g/mol. The third kappa shape index (κ3) is 4.06. The highest BCUT2D eigenvalue weighted by molar-refractivity contribution is 6.17. The minimum atomic E-state index is -0.0341. The number of pyridine rings is 1. The van der Waals surface area contributed by atoms with Gasteiger partial charge < -0.3 is 0 Å². The smallest absolute Gasteiger partial charge is 0.263 e. The quantitative estimate of drug-likeness (QED) is 0.192. The number of fused-ring (bicyclic) bond motifs is 6. The van der Waals surface area contributed by atoms with Gasteiger partial charge in [-0.2, -0.15) is 0 Å². The second-order valence-corrected chi connectivity index (χ2v) is 11.4. The van der Waals surface area contributed by atoms with Gasteiger partial charge in [-0.15, -0.1) is 0 Å². The lowest BCUT2D eigenvalue weighted by molar-refractivity contribution is 1.05. The van der Waals surface area contributed by atoms with Crippen molar-refractivity contribution in [2.45, 2.75) is 0 Å². The Bertz CT molecular complexity index is 2580. The first-order valence-electron chi connectivity index (χ1n) is 15.3. The summed E-state index contributed by atoms with van der Waals surface area (Å²) in [6.07, 6.45) is 0. The number of benzene rings is 6. The maximum Gasteiger partial charge on any atom is 0.263 e. The van der Waals surface area contributed by atoms with E-state index >= 15 is 0 Å². The molecule has 0 spiro atoms. The molecule has 3 aromatic heterocycles. The van der Waals surface area contributed by atoms with Crippen molar-refractivity contribution < 1.29 is 0 Å². The van der Waals surface area contributed by atoms with Crippen LogP contribution in [0.2, 0.25) is 0 Å². The molecule has 0 N–H and O–H groups in total. The fourth-order valence-electron chi connectivity index (χ4n) is 6.64. The first kappa shape index (κ1) is 26.1. The molecule has 0 aliphatic heterocycles. The van der Waals surface area contributed by atoms with Crippen LogP contribution < -0.4 is 5.56 Å². The number of nitrogens with zero attached hydrogens (tertiary/aromatic N) is 4. The van der Waals surface area contributed by atoms with E-state index in [0.717, 1.165) is 66.4 Å². The summed E-state index contributed by atoms with van der Waals surface area (Å²) in [6, 6.07) is 53.0. The number of hydrogen-bond donors (Lipinski definition) is 0. The van der Waals surface area contributed by atoms with Gasteiger partial charge >= 0.3 is 0 Å². The zero-order chi connectivity index (χ0) is 30.6. The summed E-state index contributed by atoms with van der Waals surface area (Å²) < 4.78 is 4.08. The van der Waals surface area contributed by atoms with Gasteiger partial charge in [0.25, 0.3) is 5.56 Å². The molecule has 5 nitrogen and oxygen atoms in total. The summed E-state index contributed by atoms with van der Waals surface area (Å²) in [5.41, 5.74) is 6.52. The Kier molecular flexibility index (Phi) is 5.90. The van der Waals surface area contributed by atoms with Crippen LogP contribution in [0.5, 0.6) is 0 Å². The van der Waals surface area contributed by atoms with Gasteiger partial charge in [0, 0.05) is 44.4 Å². The van der Waals surface area contributed by atoms with Crippen LogP contribution in [0.3, 0.4) is 0 Å². The van der Waals surface area contributed by atoms with Crippen LogP contribution in [0.4, 0.5) is 0 Å². The lowest BCUT2D eigenvalue weighted by Gasteiger charge is -2.15. The molecular formula is C41H26N4O. The third-order valence-electron chi connectivity index (χ3n) is 8.74. The average Bonchev–Trinajstić information content (AvgIpc) is 3.45. The molecular weight excluding hydrogens is 564 g/mol. The maximum absolute atomic E-state index is 14.1. The molecule has 0 atom stereocenters. The van der Waals surface area contributed by atoms with E-state index < -0.39 is 0 Å². The van der Waals surface area contributed by atoms with E-state index in [4.69, 9.17) is 9.97 Å². The predicted octanol–water partition coefficient (Wildman–Crippen LogP) is 9.36. The van der Waals surface area contributed by atoms with Crippen LogP contribution in [0.15, 0.2) is 163 Å². The van der Waals surface area contributed by atoms with Gasteiger partial charge in [0.2, 0.25) is 0 Å². The zero-order valence-electron chi connectivity index (χ0n) is 24.7. The fourth-order valence-corrected chi connectivity index (χ4v) is 6.64. The van der Waals surface area contributed by atoms with Gasteiger partial charge in [0.1, 0.15) is 5.82 Å². The van der Waals surface area contributed by atoms with Crippen LogP contribution in [0, 0.1) is 0 Å². The minimum Gasteiger partial charge on any atom is -0.294 e. The number of rotatable bonds is 4. The molecule has 216 valence electrons. The largest absolute Gasteiger partial charge is 0.294 e. The molecule has 3 heterocycles. The Morgan fingerprint density at radius 2 is 0.957 bits per heavy atom. The van der Waals surface area contributed by atoms with Crippen molar-refractivity contribution in [2.75, 3.05) is 0 Å². The Hall–Kier alpha value is -6.33. The van der Waals surface area contributed by atoms with Gasteiger partial charge in [-0.1, -0.05) is 115 Å². The molecule has 0 saturated heterocycles. The Morgan fingerprint density at radius 3 is 1.67 bits per heavy atom. The molecule has 0 unspecified atom stereocenters. The molecule has 0 bridgehead atoms. The topological polar surface area (TPSA) is 52.7 Å². The van der Waals surface area contributed by atoms with Crippen molar-refractivity contribution in [1.29, 1.82) is 0 Å². The van der Waals surface area contributed by atoms with Gasteiger partial charge in [0.15, 0.2) is 5.82 Å². The Morgan fingerprint density at radius 1 is 0.413 bits per heavy atom. The Balaban J connectivity index is 1.43. The van der Waals surface area contributed by atoms with Crippen molar-refractivity contribution in [3.63, 3.8) is 0 Å². The molecule has 5 heteroatoms. The molecule has 0 aliphatic carbocycles. The van der Waals surface area contributed by atoms with Crippen LogP contribution >= 0.6 is 0 Å². The van der Waals surface area contributed by atoms with Gasteiger partial charge in [-0.05, 0) is 41.8 Å². The van der Waals surface area contributed by atoms with Gasteiger partial charge in [0.05, 0.1) is 22.2 Å². The molecule has 0 aliphatic rings. The molecule has 9 aromatic rings. The fraction of sp³-hybridized carbons (Fsp3) is 0. The van der Waals surface area contributed by atoms with Crippen molar-refractivity contribution >= 4 is 43.5 Å². The molecule has 0 saturated carbocycles. The van der Waals surface area contributed by atoms with Gasteiger partial charge in [-0.3, -0.25) is 13.9 Å². The normalized spacial score (nSPS) is 11.6. The van der Waals surface area contributed by atoms with Crippen LogP contribution in [0.25, 0.3) is 77.6 Å². The molecule has 0 fully saturated rings. The monoisotopic (exact) mass is 590 g/mol. The van der Waals surface area contributed by atoms with E-state index in [0.29, 0.717) is 11.2 Å². The maximum atomic E-state index is 14.1. The first-order valence-corrected chi connectivity index (χ1v) is 15.3. The summed E-state index contributed by atoms with van der Waals surface area (Å²) in [5.74, 6) is 1.44. The van der Waals surface area contributed by atoms with Crippen molar-refractivity contribution in [3.8, 4) is 34.2 Å². The summed E-state index contributed by atoms with van der Waals surface area (Å²) >= 11 is 0. The van der Waals surface area contributed by atoms with Crippen LogP contribution in [-0.4, -0.2) is 19.1 Å². The zero-order valence-corrected chi connectivity index (χ0v) is 24.7. The van der Waals surface area contributed by atoms with Crippen molar-refractivity contribution in [1.82, 2.24) is 19.1 Å². The van der Waals surface area contributed by atoms with E-state index in [1.807, 2.05) is 108 Å². The number of aromatic nitrogens is 4. The summed E-state index contributed by atoms with van der Waals surface area (Å²) in [5, 5.41) is 4.73. The number of para-hydroxylation sites is 2. The molecule has 0 radical (unpaired) electrons. The first-order chi connectivity index (χ1) is 22.7.